The molecule has 0 radical (unpaired) electrons. The highest BCUT2D eigenvalue weighted by molar-refractivity contribution is 5.36. The van der Waals surface area contributed by atoms with Gasteiger partial charge in [-0.1, -0.05) is 19.1 Å². The fraction of sp³-hybridized carbons (Fsp3) is 0.500. The summed E-state index contributed by atoms with van der Waals surface area (Å²) in [6.45, 7) is 2.05. The molecule has 0 unspecified atom stereocenters. The molecule has 0 atom stereocenters. The van der Waals surface area contributed by atoms with Gasteiger partial charge in [0.25, 0.3) is 0 Å². The fourth-order valence-electron chi connectivity index (χ4n) is 2.34. The first-order valence-corrected chi connectivity index (χ1v) is 5.12. The molecule has 0 spiro atoms. The van der Waals surface area contributed by atoms with Crippen molar-refractivity contribution in [2.45, 2.75) is 25.4 Å². The molecule has 2 rings (SSSR count). The van der Waals surface area contributed by atoms with E-state index in [1.807, 2.05) is 6.92 Å². The lowest BCUT2D eigenvalue weighted by molar-refractivity contribution is -0.0765. The van der Waals surface area contributed by atoms with E-state index < -0.39 is 11.4 Å². The van der Waals surface area contributed by atoms with Crippen molar-refractivity contribution in [3.63, 3.8) is 0 Å². The van der Waals surface area contributed by atoms with Crippen LogP contribution in [0.5, 0.6) is 5.75 Å². The van der Waals surface area contributed by atoms with E-state index in [1.54, 1.807) is 18.2 Å². The lowest BCUT2D eigenvalue weighted by Gasteiger charge is -2.42. The van der Waals surface area contributed by atoms with Gasteiger partial charge in [0, 0.05) is 5.56 Å². The lowest BCUT2D eigenvalue weighted by Crippen LogP contribution is -2.40. The van der Waals surface area contributed by atoms with Crippen LogP contribution in [0.25, 0.3) is 0 Å². The van der Waals surface area contributed by atoms with Crippen LogP contribution in [-0.2, 0) is 5.60 Å². The molecular weight excluding hydrogens is 195 g/mol. The molecule has 0 amide bonds. The SMILES string of the molecule is COc1cccc(C2(O)CC(C)C2)c1F. The molecule has 3 heteroatoms. The molecule has 1 aromatic rings. The third-order valence-corrected chi connectivity index (χ3v) is 3.06. The zero-order valence-corrected chi connectivity index (χ0v) is 8.96. The highest BCUT2D eigenvalue weighted by atomic mass is 19.1. The van der Waals surface area contributed by atoms with Gasteiger partial charge in [-0.15, -0.1) is 0 Å². The highest BCUT2D eigenvalue weighted by Crippen LogP contribution is 2.46. The minimum atomic E-state index is -0.988. The molecule has 82 valence electrons. The summed E-state index contributed by atoms with van der Waals surface area (Å²) in [5.74, 6) is 0.218. The van der Waals surface area contributed by atoms with Crippen molar-refractivity contribution >= 4 is 0 Å². The maximum absolute atomic E-state index is 13.8. The summed E-state index contributed by atoms with van der Waals surface area (Å²) < 4.78 is 18.7. The van der Waals surface area contributed by atoms with Gasteiger partial charge in [-0.2, -0.15) is 0 Å². The molecule has 1 N–H and O–H groups in total. The van der Waals surface area contributed by atoms with Crippen LogP contribution < -0.4 is 4.74 Å². The predicted molar refractivity (Wildman–Crippen MR) is 55.2 cm³/mol. The Labute approximate surface area is 88.7 Å². The minimum absolute atomic E-state index is 0.195. The number of methoxy groups -OCH3 is 1. The number of rotatable bonds is 2. The van der Waals surface area contributed by atoms with Crippen LogP contribution in [0.3, 0.4) is 0 Å². The van der Waals surface area contributed by atoms with Crippen LogP contribution in [0.15, 0.2) is 18.2 Å². The fourth-order valence-corrected chi connectivity index (χ4v) is 2.34. The van der Waals surface area contributed by atoms with Crippen molar-refractivity contribution in [2.75, 3.05) is 7.11 Å². The minimum Gasteiger partial charge on any atom is -0.494 e. The van der Waals surface area contributed by atoms with Crippen molar-refractivity contribution < 1.29 is 14.2 Å². The monoisotopic (exact) mass is 210 g/mol. The van der Waals surface area contributed by atoms with Gasteiger partial charge in [-0.05, 0) is 24.8 Å². The smallest absolute Gasteiger partial charge is 0.171 e. The Morgan fingerprint density at radius 1 is 1.47 bits per heavy atom. The maximum Gasteiger partial charge on any atom is 0.171 e. The van der Waals surface area contributed by atoms with E-state index in [1.165, 1.54) is 7.11 Å². The van der Waals surface area contributed by atoms with E-state index >= 15 is 0 Å². The average Bonchev–Trinajstić information content (AvgIpc) is 2.16. The van der Waals surface area contributed by atoms with Crippen LogP contribution in [0.4, 0.5) is 4.39 Å². The van der Waals surface area contributed by atoms with E-state index in [-0.39, 0.29) is 5.75 Å². The summed E-state index contributed by atoms with van der Waals surface area (Å²) in [6, 6.07) is 4.90. The quantitative estimate of drug-likeness (QED) is 0.812. The second kappa shape index (κ2) is 3.49. The molecule has 1 aliphatic carbocycles. The van der Waals surface area contributed by atoms with Gasteiger partial charge in [0.05, 0.1) is 12.7 Å². The molecule has 1 fully saturated rings. The molecule has 0 bridgehead atoms. The normalized spacial score (nSPS) is 29.7. The second-order valence-electron chi connectivity index (χ2n) is 4.37. The number of benzene rings is 1. The van der Waals surface area contributed by atoms with Crippen LogP contribution >= 0.6 is 0 Å². The summed E-state index contributed by atoms with van der Waals surface area (Å²) in [5, 5.41) is 10.2. The summed E-state index contributed by atoms with van der Waals surface area (Å²) in [4.78, 5) is 0. The van der Waals surface area contributed by atoms with Crippen LogP contribution in [-0.4, -0.2) is 12.2 Å². The summed E-state index contributed by atoms with van der Waals surface area (Å²) in [7, 11) is 1.43. The zero-order chi connectivity index (χ0) is 11.1. The Hall–Kier alpha value is -1.09. The Balaban J connectivity index is 2.37. The largest absolute Gasteiger partial charge is 0.494 e. The average molecular weight is 210 g/mol. The summed E-state index contributed by atoms with van der Waals surface area (Å²) >= 11 is 0. The zero-order valence-electron chi connectivity index (χ0n) is 8.96. The first-order valence-electron chi connectivity index (χ1n) is 5.12. The second-order valence-corrected chi connectivity index (χ2v) is 4.37. The Morgan fingerprint density at radius 3 is 2.67 bits per heavy atom. The standard InChI is InChI=1S/C12H15FO2/c1-8-6-12(14,7-8)9-4-3-5-10(15-2)11(9)13/h3-5,8,14H,6-7H2,1-2H3. The Morgan fingerprint density at radius 2 is 2.13 bits per heavy atom. The summed E-state index contributed by atoms with van der Waals surface area (Å²) in [5.41, 5.74) is -0.627. The van der Waals surface area contributed by atoms with E-state index in [9.17, 15) is 9.50 Å². The molecule has 1 saturated carbocycles. The van der Waals surface area contributed by atoms with E-state index in [0.29, 0.717) is 24.3 Å². The number of halogens is 1. The summed E-state index contributed by atoms with van der Waals surface area (Å²) in [6.07, 6.45) is 1.24. The Kier molecular flexibility index (Phi) is 2.43. The van der Waals surface area contributed by atoms with Crippen molar-refractivity contribution in [3.8, 4) is 5.75 Å². The van der Waals surface area contributed by atoms with Crippen molar-refractivity contribution in [1.82, 2.24) is 0 Å². The van der Waals surface area contributed by atoms with Gasteiger partial charge in [-0.3, -0.25) is 0 Å². The van der Waals surface area contributed by atoms with Crippen LogP contribution in [0.2, 0.25) is 0 Å². The molecule has 1 aliphatic rings. The van der Waals surface area contributed by atoms with Crippen LogP contribution in [0.1, 0.15) is 25.3 Å². The van der Waals surface area contributed by atoms with Gasteiger partial charge in [0.15, 0.2) is 11.6 Å². The first kappa shape index (κ1) is 10.4. The number of hydrogen-bond donors (Lipinski definition) is 1. The molecular formula is C12H15FO2. The molecule has 0 aliphatic heterocycles. The Bertz CT molecular complexity index is 370. The number of ether oxygens (including phenoxy) is 1. The predicted octanol–water partition coefficient (Wildman–Crippen LogP) is 2.45. The molecule has 2 nitrogen and oxygen atoms in total. The van der Waals surface area contributed by atoms with Crippen molar-refractivity contribution in [3.05, 3.63) is 29.6 Å². The number of hydrogen-bond acceptors (Lipinski definition) is 2. The number of aliphatic hydroxyl groups is 1. The van der Waals surface area contributed by atoms with Gasteiger partial charge in [0.2, 0.25) is 0 Å². The molecule has 15 heavy (non-hydrogen) atoms. The van der Waals surface area contributed by atoms with E-state index in [0.717, 1.165) is 0 Å². The third-order valence-electron chi connectivity index (χ3n) is 3.06. The molecule has 0 aromatic heterocycles. The van der Waals surface area contributed by atoms with Gasteiger partial charge < -0.3 is 9.84 Å². The van der Waals surface area contributed by atoms with Gasteiger partial charge >= 0.3 is 0 Å². The third kappa shape index (κ3) is 1.61. The maximum atomic E-state index is 13.8. The highest BCUT2D eigenvalue weighted by Gasteiger charge is 2.43. The first-order chi connectivity index (χ1) is 7.07. The molecule has 0 heterocycles. The van der Waals surface area contributed by atoms with Gasteiger partial charge in [0.1, 0.15) is 0 Å². The van der Waals surface area contributed by atoms with Gasteiger partial charge in [-0.25, -0.2) is 4.39 Å². The van der Waals surface area contributed by atoms with Crippen molar-refractivity contribution in [1.29, 1.82) is 0 Å². The molecule has 1 aromatic carbocycles. The van der Waals surface area contributed by atoms with E-state index in [2.05, 4.69) is 0 Å². The van der Waals surface area contributed by atoms with E-state index in [4.69, 9.17) is 4.74 Å². The topological polar surface area (TPSA) is 29.5 Å². The molecule has 0 saturated heterocycles. The lowest BCUT2D eigenvalue weighted by atomic mass is 9.68. The van der Waals surface area contributed by atoms with Crippen molar-refractivity contribution in [2.24, 2.45) is 5.92 Å². The van der Waals surface area contributed by atoms with Crippen LogP contribution in [0, 0.1) is 11.7 Å².